The first-order valence-electron chi connectivity index (χ1n) is 6.57. The highest BCUT2D eigenvalue weighted by Crippen LogP contribution is 2.21. The second kappa shape index (κ2) is 6.58. The quantitative estimate of drug-likeness (QED) is 0.751. The van der Waals surface area contributed by atoms with Gasteiger partial charge in [0.1, 0.15) is 0 Å². The van der Waals surface area contributed by atoms with E-state index in [4.69, 9.17) is 4.74 Å². The molecule has 0 radical (unpaired) electrons. The molecule has 1 aliphatic heterocycles. The topological polar surface area (TPSA) is 24.5 Å². The molecule has 0 aromatic carbocycles. The van der Waals surface area contributed by atoms with E-state index in [1.165, 1.54) is 25.8 Å². The standard InChI is InChI=1S/C13H28N2O/c1-5-8-14-12-7-6-9-15(10-12)13(2,3)11-16-4/h12,14H,5-11H2,1-4H3. The van der Waals surface area contributed by atoms with Gasteiger partial charge in [-0.05, 0) is 46.2 Å². The smallest absolute Gasteiger partial charge is 0.0641 e. The molecule has 0 bridgehead atoms. The van der Waals surface area contributed by atoms with Crippen molar-refractivity contribution in [2.45, 2.75) is 51.6 Å². The Bertz CT molecular complexity index is 194. The second-order valence-electron chi connectivity index (χ2n) is 5.48. The van der Waals surface area contributed by atoms with Crippen LogP contribution in [0.3, 0.4) is 0 Å². The molecule has 0 amide bonds. The summed E-state index contributed by atoms with van der Waals surface area (Å²) in [4.78, 5) is 2.56. The Labute approximate surface area is 101 Å². The molecule has 96 valence electrons. The highest BCUT2D eigenvalue weighted by atomic mass is 16.5. The van der Waals surface area contributed by atoms with Crippen LogP contribution in [0.2, 0.25) is 0 Å². The van der Waals surface area contributed by atoms with Gasteiger partial charge in [-0.15, -0.1) is 0 Å². The highest BCUT2D eigenvalue weighted by molar-refractivity contribution is 4.88. The average molecular weight is 228 g/mol. The summed E-state index contributed by atoms with van der Waals surface area (Å²) in [5, 5.41) is 3.63. The molecule has 0 aliphatic carbocycles. The molecule has 1 N–H and O–H groups in total. The van der Waals surface area contributed by atoms with Gasteiger partial charge in [0.2, 0.25) is 0 Å². The first kappa shape index (κ1) is 13.9. The minimum Gasteiger partial charge on any atom is -0.383 e. The Morgan fingerprint density at radius 2 is 2.19 bits per heavy atom. The lowest BCUT2D eigenvalue weighted by Crippen LogP contribution is -2.55. The number of hydrogen-bond acceptors (Lipinski definition) is 3. The van der Waals surface area contributed by atoms with Gasteiger partial charge < -0.3 is 10.1 Å². The Hall–Kier alpha value is -0.120. The van der Waals surface area contributed by atoms with Gasteiger partial charge in [-0.1, -0.05) is 6.92 Å². The third-order valence-corrected chi connectivity index (χ3v) is 3.46. The van der Waals surface area contributed by atoms with E-state index in [0.29, 0.717) is 6.04 Å². The first-order valence-corrected chi connectivity index (χ1v) is 6.57. The zero-order chi connectivity index (χ0) is 12.0. The van der Waals surface area contributed by atoms with Gasteiger partial charge in [-0.2, -0.15) is 0 Å². The number of hydrogen-bond donors (Lipinski definition) is 1. The minimum absolute atomic E-state index is 0.168. The van der Waals surface area contributed by atoms with E-state index in [2.05, 4.69) is 31.0 Å². The van der Waals surface area contributed by atoms with Crippen LogP contribution in [0.25, 0.3) is 0 Å². The van der Waals surface area contributed by atoms with E-state index >= 15 is 0 Å². The van der Waals surface area contributed by atoms with Crippen LogP contribution in [0, 0.1) is 0 Å². The highest BCUT2D eigenvalue weighted by Gasteiger charge is 2.30. The molecule has 1 fully saturated rings. The van der Waals surface area contributed by atoms with E-state index in [9.17, 15) is 0 Å². The van der Waals surface area contributed by atoms with Crippen molar-refractivity contribution in [3.63, 3.8) is 0 Å². The van der Waals surface area contributed by atoms with Crippen molar-refractivity contribution in [2.24, 2.45) is 0 Å². The number of rotatable bonds is 6. The molecule has 16 heavy (non-hydrogen) atoms. The second-order valence-corrected chi connectivity index (χ2v) is 5.48. The van der Waals surface area contributed by atoms with E-state index in [0.717, 1.165) is 19.7 Å². The van der Waals surface area contributed by atoms with Crippen LogP contribution in [0.5, 0.6) is 0 Å². The molecule has 0 saturated carbocycles. The Morgan fingerprint density at radius 3 is 2.81 bits per heavy atom. The summed E-state index contributed by atoms with van der Waals surface area (Å²) in [7, 11) is 1.79. The number of likely N-dealkylation sites (tertiary alicyclic amines) is 1. The van der Waals surface area contributed by atoms with Crippen molar-refractivity contribution in [1.29, 1.82) is 0 Å². The Balaban J connectivity index is 2.42. The maximum absolute atomic E-state index is 5.31. The van der Waals surface area contributed by atoms with Crippen LogP contribution in [-0.4, -0.2) is 49.8 Å². The van der Waals surface area contributed by atoms with E-state index < -0.39 is 0 Å². The van der Waals surface area contributed by atoms with Crippen molar-refractivity contribution in [1.82, 2.24) is 10.2 Å². The number of methoxy groups -OCH3 is 1. The number of ether oxygens (including phenoxy) is 1. The van der Waals surface area contributed by atoms with Gasteiger partial charge in [0.05, 0.1) is 6.61 Å². The fourth-order valence-electron chi connectivity index (χ4n) is 2.49. The van der Waals surface area contributed by atoms with Crippen molar-refractivity contribution < 1.29 is 4.74 Å². The largest absolute Gasteiger partial charge is 0.383 e. The molecule has 1 aliphatic rings. The predicted octanol–water partition coefficient (Wildman–Crippen LogP) is 1.88. The molecule has 1 unspecified atom stereocenters. The zero-order valence-electron chi connectivity index (χ0n) is 11.4. The van der Waals surface area contributed by atoms with Crippen LogP contribution in [0.1, 0.15) is 40.0 Å². The Morgan fingerprint density at radius 1 is 1.44 bits per heavy atom. The van der Waals surface area contributed by atoms with Crippen LogP contribution in [0.4, 0.5) is 0 Å². The molecular formula is C13H28N2O. The first-order chi connectivity index (χ1) is 7.60. The summed E-state index contributed by atoms with van der Waals surface area (Å²) in [5.41, 5.74) is 0.168. The van der Waals surface area contributed by atoms with Crippen LogP contribution in [-0.2, 0) is 4.74 Å². The molecule has 3 heteroatoms. The van der Waals surface area contributed by atoms with Crippen molar-refractivity contribution in [2.75, 3.05) is 33.4 Å². The molecular weight excluding hydrogens is 200 g/mol. The van der Waals surface area contributed by atoms with Crippen LogP contribution < -0.4 is 5.32 Å². The maximum Gasteiger partial charge on any atom is 0.0641 e. The lowest BCUT2D eigenvalue weighted by atomic mass is 9.97. The van der Waals surface area contributed by atoms with Crippen LogP contribution in [0.15, 0.2) is 0 Å². The average Bonchev–Trinajstić information content (AvgIpc) is 2.27. The fourth-order valence-corrected chi connectivity index (χ4v) is 2.49. The SMILES string of the molecule is CCCNC1CCCN(C(C)(C)COC)C1. The number of piperidine rings is 1. The molecule has 3 nitrogen and oxygen atoms in total. The van der Waals surface area contributed by atoms with Crippen molar-refractivity contribution in [3.05, 3.63) is 0 Å². The minimum atomic E-state index is 0.168. The summed E-state index contributed by atoms with van der Waals surface area (Å²) >= 11 is 0. The molecule has 1 heterocycles. The molecule has 1 atom stereocenters. The Kier molecular flexibility index (Phi) is 5.73. The lowest BCUT2D eigenvalue weighted by Gasteiger charge is -2.43. The molecule has 0 aromatic heterocycles. The fraction of sp³-hybridized carbons (Fsp3) is 1.00. The van der Waals surface area contributed by atoms with Gasteiger partial charge in [0.25, 0.3) is 0 Å². The van der Waals surface area contributed by atoms with Crippen molar-refractivity contribution in [3.8, 4) is 0 Å². The number of nitrogens with zero attached hydrogens (tertiary/aromatic N) is 1. The van der Waals surface area contributed by atoms with Gasteiger partial charge in [0, 0.05) is 25.2 Å². The summed E-state index contributed by atoms with van der Waals surface area (Å²) in [5.74, 6) is 0. The predicted molar refractivity (Wildman–Crippen MR) is 68.8 cm³/mol. The summed E-state index contributed by atoms with van der Waals surface area (Å²) in [6, 6.07) is 0.671. The lowest BCUT2D eigenvalue weighted by molar-refractivity contribution is 0.0137. The zero-order valence-corrected chi connectivity index (χ0v) is 11.4. The van der Waals surface area contributed by atoms with Crippen LogP contribution >= 0.6 is 0 Å². The van der Waals surface area contributed by atoms with Gasteiger partial charge in [0.15, 0.2) is 0 Å². The third kappa shape index (κ3) is 4.04. The molecule has 0 spiro atoms. The van der Waals surface area contributed by atoms with E-state index in [-0.39, 0.29) is 5.54 Å². The molecule has 1 saturated heterocycles. The van der Waals surface area contributed by atoms with Crippen molar-refractivity contribution >= 4 is 0 Å². The van der Waals surface area contributed by atoms with E-state index in [1.54, 1.807) is 7.11 Å². The number of nitrogens with one attached hydrogen (secondary N) is 1. The van der Waals surface area contributed by atoms with Gasteiger partial charge >= 0.3 is 0 Å². The molecule has 1 rings (SSSR count). The van der Waals surface area contributed by atoms with Gasteiger partial charge in [-0.3, -0.25) is 4.90 Å². The molecule has 0 aromatic rings. The monoisotopic (exact) mass is 228 g/mol. The normalized spacial score (nSPS) is 23.6. The van der Waals surface area contributed by atoms with E-state index in [1.807, 2.05) is 0 Å². The third-order valence-electron chi connectivity index (χ3n) is 3.46. The summed E-state index contributed by atoms with van der Waals surface area (Å²) in [6.45, 7) is 11.1. The van der Waals surface area contributed by atoms with Gasteiger partial charge in [-0.25, -0.2) is 0 Å². The summed E-state index contributed by atoms with van der Waals surface area (Å²) < 4.78 is 5.31. The summed E-state index contributed by atoms with van der Waals surface area (Å²) in [6.07, 6.45) is 3.84. The maximum atomic E-state index is 5.31.